The van der Waals surface area contributed by atoms with Crippen LogP contribution in [0.25, 0.3) is 0 Å². The van der Waals surface area contributed by atoms with Gasteiger partial charge in [-0.15, -0.1) is 0 Å². The summed E-state index contributed by atoms with van der Waals surface area (Å²) in [6, 6.07) is 5.73. The van der Waals surface area contributed by atoms with Crippen molar-refractivity contribution in [3.63, 3.8) is 0 Å². The summed E-state index contributed by atoms with van der Waals surface area (Å²) in [4.78, 5) is 11.2. The van der Waals surface area contributed by atoms with Crippen molar-refractivity contribution in [3.8, 4) is 5.75 Å². The summed E-state index contributed by atoms with van der Waals surface area (Å²) in [5.74, 6) is -0.647. The molecule has 0 saturated carbocycles. The number of carbonyl (C=O) groups is 1. The second-order valence-corrected chi connectivity index (χ2v) is 3.32. The second kappa shape index (κ2) is 5.53. The molecule has 0 aliphatic heterocycles. The van der Waals surface area contributed by atoms with Gasteiger partial charge in [0.25, 0.3) is 0 Å². The number of phenols is 1. The van der Waals surface area contributed by atoms with Crippen molar-refractivity contribution in [2.24, 2.45) is 0 Å². The smallest absolute Gasteiger partial charge is 0.401 e. The van der Waals surface area contributed by atoms with E-state index in [1.54, 1.807) is 0 Å². The number of aromatic hydroxyl groups is 1. The van der Waals surface area contributed by atoms with E-state index >= 15 is 0 Å². The summed E-state index contributed by atoms with van der Waals surface area (Å²) in [6.45, 7) is -1.67. The van der Waals surface area contributed by atoms with Crippen LogP contribution in [0.3, 0.4) is 0 Å². The highest BCUT2D eigenvalue weighted by atomic mass is 19.4. The molecule has 0 bridgehead atoms. The number of amides is 1. The quantitative estimate of drug-likeness (QED) is 0.756. The number of benzene rings is 1. The van der Waals surface area contributed by atoms with Crippen molar-refractivity contribution in [2.45, 2.75) is 6.18 Å². The van der Waals surface area contributed by atoms with Crippen LogP contribution in [-0.4, -0.2) is 30.3 Å². The Balaban J connectivity index is 2.35. The molecular weight excluding hydrogens is 237 g/mol. The number of carbonyl (C=O) groups excluding carboxylic acids is 1. The molecule has 1 rings (SSSR count). The molecule has 7 heteroatoms. The van der Waals surface area contributed by atoms with Gasteiger partial charge in [0.05, 0.1) is 13.1 Å². The molecule has 0 saturated heterocycles. The van der Waals surface area contributed by atoms with Gasteiger partial charge in [0.2, 0.25) is 5.91 Å². The van der Waals surface area contributed by atoms with E-state index in [-0.39, 0.29) is 5.75 Å². The van der Waals surface area contributed by atoms with Gasteiger partial charge < -0.3 is 15.7 Å². The number of anilines is 1. The largest absolute Gasteiger partial charge is 0.508 e. The average molecular weight is 248 g/mol. The number of hydrogen-bond acceptors (Lipinski definition) is 3. The standard InChI is InChI=1S/C10H11F3N2O2/c11-10(12,13)6-14-5-9(17)15-7-2-1-3-8(16)4-7/h1-4,14,16H,5-6H2,(H,15,17). The monoisotopic (exact) mass is 248 g/mol. The summed E-state index contributed by atoms with van der Waals surface area (Å²) < 4.78 is 35.3. The zero-order valence-corrected chi connectivity index (χ0v) is 8.71. The Morgan fingerprint density at radius 1 is 1.35 bits per heavy atom. The molecule has 4 nitrogen and oxygen atoms in total. The number of halogens is 3. The molecule has 0 aliphatic carbocycles. The summed E-state index contributed by atoms with van der Waals surface area (Å²) >= 11 is 0. The summed E-state index contributed by atoms with van der Waals surface area (Å²) in [7, 11) is 0. The van der Waals surface area contributed by atoms with Gasteiger partial charge in [-0.2, -0.15) is 13.2 Å². The number of phenolic OH excluding ortho intramolecular Hbond substituents is 1. The van der Waals surface area contributed by atoms with Crippen LogP contribution in [0.1, 0.15) is 0 Å². The van der Waals surface area contributed by atoms with Crippen molar-refractivity contribution in [2.75, 3.05) is 18.4 Å². The fourth-order valence-corrected chi connectivity index (χ4v) is 1.11. The second-order valence-electron chi connectivity index (χ2n) is 3.32. The minimum absolute atomic E-state index is 0.0361. The third-order valence-corrected chi connectivity index (χ3v) is 1.74. The first-order valence-corrected chi connectivity index (χ1v) is 4.73. The fraction of sp³-hybridized carbons (Fsp3) is 0.300. The van der Waals surface area contributed by atoms with Gasteiger partial charge in [-0.3, -0.25) is 4.79 Å². The van der Waals surface area contributed by atoms with E-state index in [2.05, 4.69) is 5.32 Å². The van der Waals surface area contributed by atoms with Crippen molar-refractivity contribution in [3.05, 3.63) is 24.3 Å². The highest BCUT2D eigenvalue weighted by Crippen LogP contribution is 2.15. The molecule has 0 aliphatic rings. The first kappa shape index (κ1) is 13.3. The summed E-state index contributed by atoms with van der Waals surface area (Å²) in [6.07, 6.45) is -4.34. The SMILES string of the molecule is O=C(CNCC(F)(F)F)Nc1cccc(O)c1. The third-order valence-electron chi connectivity index (χ3n) is 1.74. The van der Waals surface area contributed by atoms with E-state index in [0.29, 0.717) is 5.69 Å². The molecule has 0 fully saturated rings. The number of rotatable bonds is 4. The number of hydrogen-bond donors (Lipinski definition) is 3. The molecule has 1 aromatic rings. The molecule has 0 atom stereocenters. The normalized spacial score (nSPS) is 11.2. The van der Waals surface area contributed by atoms with Crippen LogP contribution in [-0.2, 0) is 4.79 Å². The molecule has 0 heterocycles. The van der Waals surface area contributed by atoms with Gasteiger partial charge in [0, 0.05) is 11.8 Å². The molecule has 0 aromatic heterocycles. The zero-order valence-electron chi connectivity index (χ0n) is 8.71. The van der Waals surface area contributed by atoms with Gasteiger partial charge in [-0.05, 0) is 12.1 Å². The van der Waals surface area contributed by atoms with E-state index in [9.17, 15) is 18.0 Å². The Labute approximate surface area is 95.4 Å². The Kier molecular flexibility index (Phi) is 4.33. The number of nitrogens with one attached hydrogen (secondary N) is 2. The maximum Gasteiger partial charge on any atom is 0.401 e. The highest BCUT2D eigenvalue weighted by Gasteiger charge is 2.26. The van der Waals surface area contributed by atoms with Crippen LogP contribution in [0.5, 0.6) is 5.75 Å². The predicted octanol–water partition coefficient (Wildman–Crippen LogP) is 1.48. The molecule has 0 spiro atoms. The fourth-order valence-electron chi connectivity index (χ4n) is 1.11. The molecule has 17 heavy (non-hydrogen) atoms. The van der Waals surface area contributed by atoms with E-state index in [4.69, 9.17) is 5.11 Å². The van der Waals surface area contributed by atoms with Crippen molar-refractivity contribution < 1.29 is 23.1 Å². The van der Waals surface area contributed by atoms with Crippen LogP contribution < -0.4 is 10.6 Å². The highest BCUT2D eigenvalue weighted by molar-refractivity contribution is 5.92. The Morgan fingerprint density at radius 2 is 2.06 bits per heavy atom. The lowest BCUT2D eigenvalue weighted by Gasteiger charge is -2.08. The maximum absolute atomic E-state index is 11.8. The summed E-state index contributed by atoms with van der Waals surface area (Å²) in [5.41, 5.74) is 0.323. The minimum atomic E-state index is -4.34. The van der Waals surface area contributed by atoms with Crippen LogP contribution in [0.2, 0.25) is 0 Å². The lowest BCUT2D eigenvalue weighted by molar-refractivity contribution is -0.126. The van der Waals surface area contributed by atoms with E-state index < -0.39 is 25.2 Å². The Bertz CT molecular complexity index is 393. The van der Waals surface area contributed by atoms with E-state index in [1.165, 1.54) is 24.3 Å². The molecule has 1 aromatic carbocycles. The van der Waals surface area contributed by atoms with Crippen molar-refractivity contribution in [1.82, 2.24) is 5.32 Å². The van der Waals surface area contributed by atoms with E-state index in [0.717, 1.165) is 0 Å². The topological polar surface area (TPSA) is 61.4 Å². The van der Waals surface area contributed by atoms with Crippen LogP contribution in [0, 0.1) is 0 Å². The lowest BCUT2D eigenvalue weighted by atomic mass is 10.3. The Hall–Kier alpha value is -1.76. The minimum Gasteiger partial charge on any atom is -0.508 e. The first-order valence-electron chi connectivity index (χ1n) is 4.73. The van der Waals surface area contributed by atoms with Crippen molar-refractivity contribution >= 4 is 11.6 Å². The predicted molar refractivity (Wildman–Crippen MR) is 55.7 cm³/mol. The van der Waals surface area contributed by atoms with Gasteiger partial charge in [0.1, 0.15) is 5.75 Å². The first-order chi connectivity index (χ1) is 7.87. The zero-order chi connectivity index (χ0) is 12.9. The molecule has 1 amide bonds. The molecule has 0 unspecified atom stereocenters. The van der Waals surface area contributed by atoms with Gasteiger partial charge in [0.15, 0.2) is 0 Å². The molecular formula is C10H11F3N2O2. The molecule has 3 N–H and O–H groups in total. The van der Waals surface area contributed by atoms with Gasteiger partial charge in [-0.1, -0.05) is 6.07 Å². The average Bonchev–Trinajstić information content (AvgIpc) is 2.15. The van der Waals surface area contributed by atoms with E-state index in [1.807, 2.05) is 5.32 Å². The van der Waals surface area contributed by atoms with Gasteiger partial charge in [-0.25, -0.2) is 0 Å². The third kappa shape index (κ3) is 5.76. The Morgan fingerprint density at radius 3 is 2.65 bits per heavy atom. The van der Waals surface area contributed by atoms with Crippen LogP contribution in [0.15, 0.2) is 24.3 Å². The molecule has 0 radical (unpaired) electrons. The van der Waals surface area contributed by atoms with Gasteiger partial charge >= 0.3 is 6.18 Å². The molecule has 94 valence electrons. The number of alkyl halides is 3. The van der Waals surface area contributed by atoms with Crippen LogP contribution in [0.4, 0.5) is 18.9 Å². The lowest BCUT2D eigenvalue weighted by Crippen LogP contribution is -2.35. The summed E-state index contributed by atoms with van der Waals surface area (Å²) in [5, 5.41) is 13.4. The maximum atomic E-state index is 11.8. The van der Waals surface area contributed by atoms with Crippen LogP contribution >= 0.6 is 0 Å². The van der Waals surface area contributed by atoms with Crippen molar-refractivity contribution in [1.29, 1.82) is 0 Å².